The summed E-state index contributed by atoms with van der Waals surface area (Å²) in [6.45, 7) is 2.27. The molecule has 1 N–H and O–H groups in total. The highest BCUT2D eigenvalue weighted by Gasteiger charge is 2.55. The number of hydrogen-bond acceptors (Lipinski definition) is 2. The zero-order valence-electron chi connectivity index (χ0n) is 11.9. The van der Waals surface area contributed by atoms with Crippen LogP contribution in [0, 0.1) is 24.1 Å². The van der Waals surface area contributed by atoms with E-state index < -0.39 is 17.2 Å². The average molecular weight is 291 g/mol. The molecular formula is C16H18FNO3. The van der Waals surface area contributed by atoms with Gasteiger partial charge in [-0.1, -0.05) is 12.5 Å². The first kappa shape index (κ1) is 14.0. The van der Waals surface area contributed by atoms with Crippen LogP contribution in [-0.2, 0) is 4.79 Å². The summed E-state index contributed by atoms with van der Waals surface area (Å²) in [7, 11) is 0. The Kier molecular flexibility index (Phi) is 3.23. The lowest BCUT2D eigenvalue weighted by atomic mass is 9.81. The van der Waals surface area contributed by atoms with Crippen LogP contribution in [0.2, 0.25) is 0 Å². The van der Waals surface area contributed by atoms with Gasteiger partial charge in [0.2, 0.25) is 0 Å². The number of benzene rings is 1. The van der Waals surface area contributed by atoms with Crippen molar-refractivity contribution in [2.75, 3.05) is 13.1 Å². The van der Waals surface area contributed by atoms with Gasteiger partial charge in [0.05, 0.1) is 5.41 Å². The Morgan fingerprint density at radius 2 is 2.19 bits per heavy atom. The Hall–Kier alpha value is -1.91. The highest BCUT2D eigenvalue weighted by atomic mass is 19.1. The number of likely N-dealkylation sites (tertiary alicyclic amines) is 1. The van der Waals surface area contributed by atoms with Crippen molar-refractivity contribution in [1.82, 2.24) is 4.90 Å². The zero-order valence-corrected chi connectivity index (χ0v) is 11.9. The van der Waals surface area contributed by atoms with E-state index >= 15 is 0 Å². The Balaban J connectivity index is 1.88. The molecule has 2 aliphatic rings. The van der Waals surface area contributed by atoms with E-state index in [1.807, 2.05) is 0 Å². The minimum Gasteiger partial charge on any atom is -0.481 e. The van der Waals surface area contributed by atoms with Gasteiger partial charge in [-0.3, -0.25) is 9.59 Å². The van der Waals surface area contributed by atoms with Gasteiger partial charge in [0.25, 0.3) is 5.91 Å². The van der Waals surface area contributed by atoms with Crippen LogP contribution in [0.25, 0.3) is 0 Å². The van der Waals surface area contributed by atoms with Crippen LogP contribution in [0.1, 0.15) is 35.2 Å². The average Bonchev–Trinajstić information content (AvgIpc) is 2.98. The second-order valence-electron chi connectivity index (χ2n) is 6.15. The van der Waals surface area contributed by atoms with E-state index in [1.54, 1.807) is 17.9 Å². The Labute approximate surface area is 122 Å². The number of amides is 1. The number of halogens is 1. The van der Waals surface area contributed by atoms with E-state index in [9.17, 15) is 19.1 Å². The van der Waals surface area contributed by atoms with Crippen molar-refractivity contribution in [2.24, 2.45) is 11.3 Å². The number of carboxylic acid groups (broad SMARTS) is 1. The Bertz CT molecular complexity index is 616. The predicted octanol–water partition coefficient (Wildman–Crippen LogP) is 2.46. The maximum absolute atomic E-state index is 13.6. The molecule has 4 nitrogen and oxygen atoms in total. The molecule has 0 unspecified atom stereocenters. The molecule has 1 aromatic rings. The topological polar surface area (TPSA) is 57.6 Å². The monoisotopic (exact) mass is 291 g/mol. The molecule has 1 aliphatic heterocycles. The number of carboxylic acids is 1. The second-order valence-corrected chi connectivity index (χ2v) is 6.15. The van der Waals surface area contributed by atoms with Gasteiger partial charge in [-0.25, -0.2) is 4.39 Å². The molecule has 2 atom stereocenters. The number of carbonyl (C=O) groups is 2. The molecule has 1 heterocycles. The van der Waals surface area contributed by atoms with Crippen LogP contribution in [0.5, 0.6) is 0 Å². The molecule has 1 aromatic carbocycles. The van der Waals surface area contributed by atoms with E-state index in [0.29, 0.717) is 24.1 Å². The van der Waals surface area contributed by atoms with Gasteiger partial charge in [0.1, 0.15) is 5.82 Å². The summed E-state index contributed by atoms with van der Waals surface area (Å²) >= 11 is 0. The quantitative estimate of drug-likeness (QED) is 0.910. The minimum atomic E-state index is -0.809. The van der Waals surface area contributed by atoms with Crippen LogP contribution in [-0.4, -0.2) is 35.0 Å². The summed E-state index contributed by atoms with van der Waals surface area (Å²) < 4.78 is 13.6. The van der Waals surface area contributed by atoms with Gasteiger partial charge in [-0.05, 0) is 43.4 Å². The van der Waals surface area contributed by atoms with Crippen molar-refractivity contribution in [3.63, 3.8) is 0 Å². The molecule has 1 aliphatic carbocycles. The summed E-state index contributed by atoms with van der Waals surface area (Å²) in [5.41, 5.74) is -0.142. The molecule has 21 heavy (non-hydrogen) atoms. The SMILES string of the molecule is Cc1c(F)cccc1C(=O)N1C[C@@H]2CCC[C@@]2(C(=O)O)C1. The molecule has 1 saturated heterocycles. The molecule has 0 aromatic heterocycles. The lowest BCUT2D eigenvalue weighted by Gasteiger charge is -2.23. The lowest BCUT2D eigenvalue weighted by molar-refractivity contribution is -0.149. The Morgan fingerprint density at radius 1 is 1.43 bits per heavy atom. The van der Waals surface area contributed by atoms with Crippen LogP contribution in [0.15, 0.2) is 18.2 Å². The molecule has 1 amide bonds. The van der Waals surface area contributed by atoms with Crippen LogP contribution >= 0.6 is 0 Å². The molecule has 112 valence electrons. The minimum absolute atomic E-state index is 0.0211. The number of hydrogen-bond donors (Lipinski definition) is 1. The fraction of sp³-hybridized carbons (Fsp3) is 0.500. The normalized spacial score (nSPS) is 27.7. The van der Waals surface area contributed by atoms with E-state index in [-0.39, 0.29) is 18.4 Å². The van der Waals surface area contributed by atoms with Crippen molar-refractivity contribution < 1.29 is 19.1 Å². The summed E-state index contributed by atoms with van der Waals surface area (Å²) in [5, 5.41) is 9.55. The molecule has 1 saturated carbocycles. The molecule has 5 heteroatoms. The molecule has 0 spiro atoms. The third-order valence-electron chi connectivity index (χ3n) is 5.08. The standard InChI is InChI=1S/C16H18FNO3/c1-10-12(5-2-6-13(10)17)14(19)18-8-11-4-3-7-16(11,9-18)15(20)21/h2,5-6,11H,3-4,7-9H2,1H3,(H,20,21)/t11-,16+/m0/s1. The number of nitrogens with zero attached hydrogens (tertiary/aromatic N) is 1. The number of carbonyl (C=O) groups excluding carboxylic acids is 1. The van der Waals surface area contributed by atoms with Crippen molar-refractivity contribution >= 4 is 11.9 Å². The maximum Gasteiger partial charge on any atom is 0.311 e. The fourth-order valence-corrected chi connectivity index (χ4v) is 3.80. The molecular weight excluding hydrogens is 273 g/mol. The maximum atomic E-state index is 13.6. The first-order valence-corrected chi connectivity index (χ1v) is 7.23. The number of aliphatic carboxylic acids is 1. The van der Waals surface area contributed by atoms with Gasteiger partial charge < -0.3 is 10.0 Å². The Morgan fingerprint density at radius 3 is 2.86 bits per heavy atom. The summed E-state index contributed by atoms with van der Waals surface area (Å²) in [4.78, 5) is 25.8. The van der Waals surface area contributed by atoms with Crippen molar-refractivity contribution in [3.05, 3.63) is 35.1 Å². The zero-order chi connectivity index (χ0) is 15.2. The summed E-state index contributed by atoms with van der Waals surface area (Å²) in [6.07, 6.45) is 2.37. The van der Waals surface area contributed by atoms with E-state index in [2.05, 4.69) is 0 Å². The van der Waals surface area contributed by atoms with Gasteiger partial charge in [0.15, 0.2) is 0 Å². The highest BCUT2D eigenvalue weighted by molar-refractivity contribution is 5.96. The first-order valence-electron chi connectivity index (χ1n) is 7.23. The van der Waals surface area contributed by atoms with Crippen LogP contribution < -0.4 is 0 Å². The predicted molar refractivity (Wildman–Crippen MR) is 74.5 cm³/mol. The molecule has 2 fully saturated rings. The van der Waals surface area contributed by atoms with Crippen LogP contribution in [0.3, 0.4) is 0 Å². The van der Waals surface area contributed by atoms with Gasteiger partial charge >= 0.3 is 5.97 Å². The van der Waals surface area contributed by atoms with Crippen molar-refractivity contribution in [2.45, 2.75) is 26.2 Å². The van der Waals surface area contributed by atoms with E-state index in [1.165, 1.54) is 12.1 Å². The molecule has 3 rings (SSSR count). The van der Waals surface area contributed by atoms with E-state index in [0.717, 1.165) is 12.8 Å². The van der Waals surface area contributed by atoms with Gasteiger partial charge in [-0.15, -0.1) is 0 Å². The third-order valence-corrected chi connectivity index (χ3v) is 5.08. The smallest absolute Gasteiger partial charge is 0.311 e. The molecule has 0 bridgehead atoms. The number of fused-ring (bicyclic) bond motifs is 1. The van der Waals surface area contributed by atoms with E-state index in [4.69, 9.17) is 0 Å². The van der Waals surface area contributed by atoms with Gasteiger partial charge in [-0.2, -0.15) is 0 Å². The fourth-order valence-electron chi connectivity index (χ4n) is 3.80. The van der Waals surface area contributed by atoms with Crippen molar-refractivity contribution in [1.29, 1.82) is 0 Å². The highest BCUT2D eigenvalue weighted by Crippen LogP contribution is 2.49. The number of rotatable bonds is 2. The summed E-state index contributed by atoms with van der Waals surface area (Å²) in [5.74, 6) is -1.46. The largest absolute Gasteiger partial charge is 0.481 e. The summed E-state index contributed by atoms with van der Waals surface area (Å²) in [6, 6.07) is 4.44. The second kappa shape index (κ2) is 4.83. The lowest BCUT2D eigenvalue weighted by Crippen LogP contribution is -2.37. The molecule has 0 radical (unpaired) electrons. The van der Waals surface area contributed by atoms with Crippen molar-refractivity contribution in [3.8, 4) is 0 Å². The van der Waals surface area contributed by atoms with Crippen LogP contribution in [0.4, 0.5) is 4.39 Å². The third kappa shape index (κ3) is 2.03. The van der Waals surface area contributed by atoms with Gasteiger partial charge in [0, 0.05) is 18.7 Å². The first-order chi connectivity index (χ1) is 9.95.